The molecule has 202 valence electrons. The van der Waals surface area contributed by atoms with E-state index >= 15 is 0 Å². The van der Waals surface area contributed by atoms with Crippen LogP contribution in [-0.2, 0) is 23.8 Å². The third-order valence-electron chi connectivity index (χ3n) is 6.42. The smallest absolute Gasteiger partial charge is 0.416 e. The van der Waals surface area contributed by atoms with Crippen LogP contribution in [0.2, 0.25) is 0 Å². The van der Waals surface area contributed by atoms with E-state index < -0.39 is 17.6 Å². The molecule has 4 aromatic heterocycles. The van der Waals surface area contributed by atoms with Crippen LogP contribution in [0.4, 0.5) is 18.9 Å². The maximum Gasteiger partial charge on any atom is 0.416 e. The number of hydrogen-bond acceptors (Lipinski definition) is 5. The number of hydrogen-bond donors (Lipinski definition) is 2. The van der Waals surface area contributed by atoms with Crippen LogP contribution in [0.25, 0.3) is 33.3 Å². The minimum atomic E-state index is -4.61. The topological polar surface area (TPSA) is 92.8 Å². The molecule has 0 aliphatic heterocycles. The Balaban J connectivity index is 1.59. The van der Waals surface area contributed by atoms with E-state index in [1.165, 1.54) is 19.4 Å². The molecular formula is C30H24F3N5O2. The monoisotopic (exact) mass is 543 g/mol. The lowest BCUT2D eigenvalue weighted by Gasteiger charge is -2.13. The summed E-state index contributed by atoms with van der Waals surface area (Å²) >= 11 is 0. The zero-order chi connectivity index (χ0) is 28.3. The van der Waals surface area contributed by atoms with Crippen molar-refractivity contribution in [2.45, 2.75) is 19.0 Å². The molecule has 0 radical (unpaired) electrons. The van der Waals surface area contributed by atoms with Crippen molar-refractivity contribution >= 4 is 22.6 Å². The molecule has 4 heterocycles. The predicted molar refractivity (Wildman–Crippen MR) is 147 cm³/mol. The van der Waals surface area contributed by atoms with E-state index in [0.717, 1.165) is 40.6 Å². The molecule has 0 unspecified atom stereocenters. The van der Waals surface area contributed by atoms with Crippen LogP contribution in [0.3, 0.4) is 0 Å². The van der Waals surface area contributed by atoms with Gasteiger partial charge in [-0.15, -0.1) is 0 Å². The van der Waals surface area contributed by atoms with E-state index in [1.54, 1.807) is 18.5 Å². The van der Waals surface area contributed by atoms with Crippen LogP contribution in [0.15, 0.2) is 86.0 Å². The van der Waals surface area contributed by atoms with Crippen LogP contribution in [0.1, 0.15) is 16.8 Å². The van der Waals surface area contributed by atoms with E-state index in [0.29, 0.717) is 35.3 Å². The zero-order valence-corrected chi connectivity index (χ0v) is 21.4. The summed E-state index contributed by atoms with van der Waals surface area (Å²) in [5, 5.41) is 3.13. The Morgan fingerprint density at radius 1 is 1.02 bits per heavy atom. The number of benzene rings is 1. The Labute approximate surface area is 227 Å². The van der Waals surface area contributed by atoms with Crippen LogP contribution >= 0.6 is 0 Å². The molecule has 0 saturated carbocycles. The van der Waals surface area contributed by atoms with E-state index in [-0.39, 0.29) is 11.3 Å². The summed E-state index contributed by atoms with van der Waals surface area (Å²) in [6, 6.07) is 12.8. The molecule has 0 saturated heterocycles. The molecule has 5 aromatic rings. The number of H-pyrrole nitrogens is 1. The Bertz CT molecular complexity index is 1700. The number of nitrogens with one attached hydrogen (secondary N) is 2. The first-order valence-corrected chi connectivity index (χ1v) is 12.3. The molecule has 0 aliphatic carbocycles. The first-order valence-electron chi connectivity index (χ1n) is 12.3. The Morgan fingerprint density at radius 2 is 1.88 bits per heavy atom. The molecule has 10 heteroatoms. The number of ether oxygens (including phenoxy) is 1. The Hall–Kier alpha value is -4.99. The van der Waals surface area contributed by atoms with Gasteiger partial charge < -0.3 is 15.0 Å². The molecule has 2 N–H and O–H groups in total. The first kappa shape index (κ1) is 26.6. The average molecular weight is 544 g/mol. The van der Waals surface area contributed by atoms with E-state index in [1.807, 2.05) is 30.5 Å². The van der Waals surface area contributed by atoms with Gasteiger partial charge in [-0.2, -0.15) is 13.2 Å². The molecule has 5 rings (SSSR count). The molecule has 0 aliphatic rings. The van der Waals surface area contributed by atoms with Crippen molar-refractivity contribution in [3.8, 4) is 28.1 Å². The number of halogens is 3. The molecule has 0 atom stereocenters. The van der Waals surface area contributed by atoms with Crippen molar-refractivity contribution < 1.29 is 22.7 Å². The molecule has 0 spiro atoms. The number of aromatic amines is 1. The van der Waals surface area contributed by atoms with Gasteiger partial charge in [0, 0.05) is 58.7 Å². The van der Waals surface area contributed by atoms with Gasteiger partial charge in [-0.3, -0.25) is 9.78 Å². The fourth-order valence-electron chi connectivity index (χ4n) is 4.44. The predicted octanol–water partition coefficient (Wildman–Crippen LogP) is 6.62. The molecule has 1 aromatic carbocycles. The number of aryl methyl sites for hydroxylation is 2. The average Bonchev–Trinajstić information content (AvgIpc) is 3.39. The maximum absolute atomic E-state index is 13.7. The highest BCUT2D eigenvalue weighted by molar-refractivity contribution is 6.00. The van der Waals surface area contributed by atoms with Crippen molar-refractivity contribution in [3.05, 3.63) is 103 Å². The molecule has 0 fully saturated rings. The van der Waals surface area contributed by atoms with E-state index in [9.17, 15) is 18.0 Å². The molecule has 7 nitrogen and oxygen atoms in total. The van der Waals surface area contributed by atoms with Gasteiger partial charge in [-0.1, -0.05) is 12.6 Å². The van der Waals surface area contributed by atoms with Crippen LogP contribution in [0.5, 0.6) is 5.88 Å². The fraction of sp³-hybridized carbons (Fsp3) is 0.133. The lowest BCUT2D eigenvalue weighted by Crippen LogP contribution is -2.10. The molecular weight excluding hydrogens is 519 g/mol. The number of rotatable bonds is 8. The summed E-state index contributed by atoms with van der Waals surface area (Å²) in [6.07, 6.45) is 4.53. The number of carbonyl (C=O) groups excluding carboxylic acids is 1. The second kappa shape index (κ2) is 11.0. The molecule has 1 amide bonds. The number of aromatic nitrogens is 4. The molecule has 40 heavy (non-hydrogen) atoms. The largest absolute Gasteiger partial charge is 0.481 e. The minimum absolute atomic E-state index is 0.000193. The van der Waals surface area contributed by atoms with Crippen molar-refractivity contribution in [2.75, 3.05) is 12.4 Å². The zero-order valence-electron chi connectivity index (χ0n) is 21.4. The van der Waals surface area contributed by atoms with Gasteiger partial charge in [-0.05, 0) is 72.0 Å². The van der Waals surface area contributed by atoms with Gasteiger partial charge in [0.05, 0.1) is 12.7 Å². The summed E-state index contributed by atoms with van der Waals surface area (Å²) in [5.41, 5.74) is 3.92. The number of nitrogens with zero attached hydrogens (tertiary/aromatic N) is 3. The number of fused-ring (bicyclic) bond motifs is 1. The number of carbonyl (C=O) groups is 1. The normalized spacial score (nSPS) is 11.4. The van der Waals surface area contributed by atoms with E-state index in [4.69, 9.17) is 4.74 Å². The second-order valence-corrected chi connectivity index (χ2v) is 9.02. The highest BCUT2D eigenvalue weighted by Gasteiger charge is 2.31. The number of methoxy groups -OCH3 is 1. The first-order chi connectivity index (χ1) is 19.2. The summed E-state index contributed by atoms with van der Waals surface area (Å²) < 4.78 is 46.5. The number of amides is 1. The Kier molecular flexibility index (Phi) is 7.33. The fourth-order valence-corrected chi connectivity index (χ4v) is 4.44. The maximum atomic E-state index is 13.7. The summed E-state index contributed by atoms with van der Waals surface area (Å²) in [5.74, 6) is -0.188. The van der Waals surface area contributed by atoms with Gasteiger partial charge in [0.25, 0.3) is 0 Å². The summed E-state index contributed by atoms with van der Waals surface area (Å²) in [4.78, 5) is 28.2. The Morgan fingerprint density at radius 3 is 2.60 bits per heavy atom. The molecule has 0 bridgehead atoms. The van der Waals surface area contributed by atoms with Crippen molar-refractivity contribution in [3.63, 3.8) is 0 Å². The quantitative estimate of drug-likeness (QED) is 0.215. The SMILES string of the molecule is C=CC(=O)Nc1cc(-c2cnc3[nH]cc(-c4cc(OC)ncc4CCc4ccccn4)c3c2)cc(C(F)(F)F)c1. The highest BCUT2D eigenvalue weighted by atomic mass is 19.4. The van der Waals surface area contributed by atoms with Crippen LogP contribution < -0.4 is 10.1 Å². The van der Waals surface area contributed by atoms with Gasteiger partial charge >= 0.3 is 6.18 Å². The van der Waals surface area contributed by atoms with Crippen molar-refractivity contribution in [2.24, 2.45) is 0 Å². The van der Waals surface area contributed by atoms with Gasteiger partial charge in [0.15, 0.2) is 0 Å². The van der Waals surface area contributed by atoms with Gasteiger partial charge in [-0.25, -0.2) is 9.97 Å². The minimum Gasteiger partial charge on any atom is -0.481 e. The lowest BCUT2D eigenvalue weighted by atomic mass is 9.96. The highest BCUT2D eigenvalue weighted by Crippen LogP contribution is 2.38. The second-order valence-electron chi connectivity index (χ2n) is 9.02. The standard InChI is InChI=1S/C30H24F3N5O2/c1-3-27(39)38-23-11-19(10-21(13-23)30(31,32)33)20-12-25-26(17-37-29(25)36-16-20)24-14-28(40-2)35-15-18(24)7-8-22-6-4-5-9-34-22/h3-6,9-17H,1,7-8H2,2H3,(H,36,37)(H,38,39). The van der Waals surface area contributed by atoms with Crippen LogP contribution in [0, 0.1) is 0 Å². The summed E-state index contributed by atoms with van der Waals surface area (Å²) in [6.45, 7) is 3.36. The van der Waals surface area contributed by atoms with Crippen molar-refractivity contribution in [1.82, 2.24) is 19.9 Å². The van der Waals surface area contributed by atoms with Gasteiger partial charge in [0.2, 0.25) is 11.8 Å². The number of anilines is 1. The lowest BCUT2D eigenvalue weighted by molar-refractivity contribution is -0.137. The summed E-state index contributed by atoms with van der Waals surface area (Å²) in [7, 11) is 1.53. The van der Waals surface area contributed by atoms with Crippen molar-refractivity contribution in [1.29, 1.82) is 0 Å². The number of pyridine rings is 3. The third kappa shape index (κ3) is 5.70. The van der Waals surface area contributed by atoms with Gasteiger partial charge in [0.1, 0.15) is 5.65 Å². The van der Waals surface area contributed by atoms with Crippen LogP contribution in [-0.4, -0.2) is 33.0 Å². The third-order valence-corrected chi connectivity index (χ3v) is 6.42. The number of alkyl halides is 3. The van der Waals surface area contributed by atoms with E-state index in [2.05, 4.69) is 31.8 Å².